The lowest BCUT2D eigenvalue weighted by Gasteiger charge is -2.33. The predicted molar refractivity (Wildman–Crippen MR) is 34.6 cm³/mol. The van der Waals surface area contributed by atoms with Gasteiger partial charge in [-0.2, -0.15) is 0 Å². The van der Waals surface area contributed by atoms with Crippen molar-refractivity contribution in [2.45, 2.75) is 31.0 Å². The zero-order chi connectivity index (χ0) is 8.43. The van der Waals surface area contributed by atoms with Gasteiger partial charge in [0.2, 0.25) is 0 Å². The van der Waals surface area contributed by atoms with Crippen molar-refractivity contribution in [1.29, 1.82) is 0 Å². The maximum atomic E-state index is 9.11. The van der Waals surface area contributed by atoms with Gasteiger partial charge in [0.25, 0.3) is 0 Å². The summed E-state index contributed by atoms with van der Waals surface area (Å²) in [6, 6.07) is 0. The van der Waals surface area contributed by atoms with Gasteiger partial charge in [-0.15, -0.1) is 0 Å². The number of aliphatic hydroxyl groups excluding tert-OH is 4. The molecule has 0 aromatic carbocycles. The molecule has 1 aliphatic heterocycles. The fourth-order valence-corrected chi connectivity index (χ4v) is 1.08. The number of rotatable bonds is 1. The highest BCUT2D eigenvalue weighted by Crippen LogP contribution is 2.18. The van der Waals surface area contributed by atoms with Gasteiger partial charge in [0.15, 0.2) is 6.29 Å². The van der Waals surface area contributed by atoms with Crippen molar-refractivity contribution in [2.75, 3.05) is 6.61 Å². The highest BCUT2D eigenvalue weighted by Gasteiger charge is 2.35. The Morgan fingerprint density at radius 1 is 1.27 bits per heavy atom. The third kappa shape index (κ3) is 1.88. The van der Waals surface area contributed by atoms with E-state index in [1.54, 1.807) is 0 Å². The molecule has 1 saturated heterocycles. The highest BCUT2D eigenvalue weighted by atomic mass is 16.6. The summed E-state index contributed by atoms with van der Waals surface area (Å²) in [6.07, 6.45) is -4.11. The van der Waals surface area contributed by atoms with Crippen molar-refractivity contribution in [3.63, 3.8) is 0 Å². The average molecular weight is 164 g/mol. The second-order valence-electron chi connectivity index (χ2n) is 2.61. The fraction of sp³-hybridized carbons (Fsp3) is 1.00. The molecular weight excluding hydrogens is 152 g/mol. The lowest BCUT2D eigenvalue weighted by atomic mass is 10.0. The number of ether oxygens (including phenoxy) is 1. The Bertz CT molecular complexity index is 128. The molecule has 4 atom stereocenters. The van der Waals surface area contributed by atoms with Crippen molar-refractivity contribution in [3.05, 3.63) is 0 Å². The molecule has 0 saturated carbocycles. The van der Waals surface area contributed by atoms with Crippen LogP contribution in [0.4, 0.5) is 0 Å². The van der Waals surface area contributed by atoms with Crippen LogP contribution in [0.5, 0.6) is 0 Å². The molecule has 0 aliphatic carbocycles. The third-order valence-corrected chi connectivity index (χ3v) is 1.73. The molecule has 1 heterocycles. The van der Waals surface area contributed by atoms with Crippen molar-refractivity contribution >= 4 is 0 Å². The quantitative estimate of drug-likeness (QED) is 0.353. The minimum Gasteiger partial charge on any atom is -0.394 e. The summed E-state index contributed by atoms with van der Waals surface area (Å²) >= 11 is 0. The molecule has 1 fully saturated rings. The number of hydrogen-bond donors (Lipinski definition) is 4. The lowest BCUT2D eigenvalue weighted by Crippen LogP contribution is -2.49. The van der Waals surface area contributed by atoms with Crippen molar-refractivity contribution < 1.29 is 25.2 Å². The van der Waals surface area contributed by atoms with Crippen LogP contribution in [0.1, 0.15) is 6.42 Å². The van der Waals surface area contributed by atoms with Crippen LogP contribution in [0.2, 0.25) is 0 Å². The minimum absolute atomic E-state index is 0.0162. The molecule has 0 bridgehead atoms. The Kier molecular flexibility index (Phi) is 2.80. The van der Waals surface area contributed by atoms with Gasteiger partial charge in [0, 0.05) is 6.42 Å². The first-order chi connectivity index (χ1) is 5.15. The van der Waals surface area contributed by atoms with Crippen LogP contribution in [0, 0.1) is 0 Å². The van der Waals surface area contributed by atoms with E-state index >= 15 is 0 Å². The molecule has 5 heteroatoms. The summed E-state index contributed by atoms with van der Waals surface area (Å²) < 4.78 is 4.71. The second-order valence-corrected chi connectivity index (χ2v) is 2.61. The molecule has 0 radical (unpaired) electrons. The summed E-state index contributed by atoms with van der Waals surface area (Å²) in [5.74, 6) is 0. The van der Waals surface area contributed by atoms with E-state index in [4.69, 9.17) is 25.2 Å². The van der Waals surface area contributed by atoms with Crippen LogP contribution in [-0.4, -0.2) is 51.6 Å². The van der Waals surface area contributed by atoms with Crippen molar-refractivity contribution in [1.82, 2.24) is 0 Å². The summed E-state index contributed by atoms with van der Waals surface area (Å²) in [5.41, 5.74) is 0. The van der Waals surface area contributed by atoms with Gasteiger partial charge in [-0.3, -0.25) is 0 Å². The summed E-state index contributed by atoms with van der Waals surface area (Å²) in [4.78, 5) is 0. The smallest absolute Gasteiger partial charge is 0.157 e. The van der Waals surface area contributed by atoms with E-state index in [9.17, 15) is 0 Å². The molecule has 1 aliphatic rings. The Hall–Kier alpha value is -0.200. The first kappa shape index (κ1) is 8.89. The zero-order valence-corrected chi connectivity index (χ0v) is 5.92. The molecule has 1 rings (SSSR count). The average Bonchev–Trinajstić information content (AvgIpc) is 1.96. The monoisotopic (exact) mass is 164 g/mol. The van der Waals surface area contributed by atoms with Crippen molar-refractivity contribution in [3.8, 4) is 0 Å². The highest BCUT2D eigenvalue weighted by molar-refractivity contribution is 4.81. The summed E-state index contributed by atoms with van der Waals surface area (Å²) in [5, 5.41) is 35.6. The van der Waals surface area contributed by atoms with E-state index in [-0.39, 0.29) is 6.42 Å². The largest absolute Gasteiger partial charge is 0.394 e. The molecule has 0 amide bonds. The zero-order valence-electron chi connectivity index (χ0n) is 5.92. The molecule has 11 heavy (non-hydrogen) atoms. The molecule has 0 aromatic rings. The van der Waals surface area contributed by atoms with Gasteiger partial charge in [-0.1, -0.05) is 0 Å². The van der Waals surface area contributed by atoms with Gasteiger partial charge >= 0.3 is 0 Å². The van der Waals surface area contributed by atoms with Crippen LogP contribution in [0.3, 0.4) is 0 Å². The van der Waals surface area contributed by atoms with Gasteiger partial charge in [-0.05, 0) is 0 Å². The molecule has 5 nitrogen and oxygen atoms in total. The van der Waals surface area contributed by atoms with Crippen LogP contribution in [-0.2, 0) is 4.74 Å². The SMILES string of the molecule is OC[C@H]1O[C@@H](O)C[C@@H](O)C1O. The second kappa shape index (κ2) is 3.46. The molecule has 0 aromatic heterocycles. The summed E-state index contributed by atoms with van der Waals surface area (Å²) in [6.45, 7) is -0.407. The van der Waals surface area contributed by atoms with E-state index in [1.165, 1.54) is 0 Å². The van der Waals surface area contributed by atoms with E-state index in [1.807, 2.05) is 0 Å². The summed E-state index contributed by atoms with van der Waals surface area (Å²) in [7, 11) is 0. The molecular formula is C6H12O5. The third-order valence-electron chi connectivity index (χ3n) is 1.73. The Morgan fingerprint density at radius 3 is 2.45 bits per heavy atom. The first-order valence-corrected chi connectivity index (χ1v) is 3.45. The first-order valence-electron chi connectivity index (χ1n) is 3.45. The molecule has 4 N–H and O–H groups in total. The van der Waals surface area contributed by atoms with Crippen molar-refractivity contribution in [2.24, 2.45) is 0 Å². The predicted octanol–water partition coefficient (Wildman–Crippen LogP) is -2.19. The van der Waals surface area contributed by atoms with E-state index in [0.29, 0.717) is 0 Å². The van der Waals surface area contributed by atoms with Crippen LogP contribution in [0.25, 0.3) is 0 Å². The Labute approximate surface area is 63.8 Å². The van der Waals surface area contributed by atoms with E-state index in [0.717, 1.165) is 0 Å². The topological polar surface area (TPSA) is 90.2 Å². The fourth-order valence-electron chi connectivity index (χ4n) is 1.08. The Balaban J connectivity index is 2.51. The van der Waals surface area contributed by atoms with E-state index in [2.05, 4.69) is 0 Å². The lowest BCUT2D eigenvalue weighted by molar-refractivity contribution is -0.239. The normalized spacial score (nSPS) is 45.8. The van der Waals surface area contributed by atoms with Gasteiger partial charge in [0.05, 0.1) is 12.7 Å². The molecule has 66 valence electrons. The maximum Gasteiger partial charge on any atom is 0.157 e. The number of hydrogen-bond acceptors (Lipinski definition) is 5. The van der Waals surface area contributed by atoms with Gasteiger partial charge < -0.3 is 25.2 Å². The van der Waals surface area contributed by atoms with Crippen LogP contribution < -0.4 is 0 Å². The maximum absolute atomic E-state index is 9.11. The van der Waals surface area contributed by atoms with Crippen LogP contribution in [0.15, 0.2) is 0 Å². The molecule has 0 spiro atoms. The van der Waals surface area contributed by atoms with Crippen LogP contribution >= 0.6 is 0 Å². The van der Waals surface area contributed by atoms with Gasteiger partial charge in [0.1, 0.15) is 12.2 Å². The Morgan fingerprint density at radius 2 is 1.91 bits per heavy atom. The van der Waals surface area contributed by atoms with Gasteiger partial charge in [-0.25, -0.2) is 0 Å². The standard InChI is InChI=1S/C6H12O5/c7-2-4-6(10)3(8)1-5(9)11-4/h3-10H,1-2H2/t3-,4-,5-,6?/m1/s1. The molecule has 1 unspecified atom stereocenters. The number of aliphatic hydroxyl groups is 4. The minimum atomic E-state index is -1.11. The van der Waals surface area contributed by atoms with E-state index < -0.39 is 31.2 Å².